The summed E-state index contributed by atoms with van der Waals surface area (Å²) < 4.78 is 48.2. The molecule has 0 unspecified atom stereocenters. The molecule has 1 amide bonds. The Kier molecular flexibility index (Phi) is 4.34. The van der Waals surface area contributed by atoms with Crippen molar-refractivity contribution >= 4 is 22.1 Å². The van der Waals surface area contributed by atoms with Crippen LogP contribution in [0.1, 0.15) is 59.2 Å². The smallest absolute Gasteiger partial charge is 0.338 e. The van der Waals surface area contributed by atoms with Gasteiger partial charge in [0.25, 0.3) is 5.91 Å². The molecule has 2 aliphatic heterocycles. The van der Waals surface area contributed by atoms with Crippen LogP contribution in [0.3, 0.4) is 0 Å². The van der Waals surface area contributed by atoms with Gasteiger partial charge >= 0.3 is 16.2 Å². The molecule has 2 heterocycles. The third-order valence-electron chi connectivity index (χ3n) is 5.25. The van der Waals surface area contributed by atoms with Crippen molar-refractivity contribution in [3.05, 3.63) is 29.1 Å². The molecule has 1 aromatic rings. The van der Waals surface area contributed by atoms with Crippen LogP contribution in [-0.2, 0) is 10.2 Å². The van der Waals surface area contributed by atoms with Gasteiger partial charge in [-0.1, -0.05) is 0 Å². The Morgan fingerprint density at radius 1 is 1.07 bits per heavy atom. The second kappa shape index (κ2) is 6.45. The molecule has 1 aliphatic carbocycles. The highest BCUT2D eigenvalue weighted by atomic mass is 32.2. The minimum Gasteiger partial charge on any atom is -0.490 e. The molecule has 0 atom stereocenters. The largest absolute Gasteiger partial charge is 0.490 e. The van der Waals surface area contributed by atoms with Crippen molar-refractivity contribution in [3.63, 3.8) is 0 Å². The van der Waals surface area contributed by atoms with Gasteiger partial charge in [-0.05, 0) is 50.7 Å². The zero-order valence-corrected chi connectivity index (χ0v) is 15.2. The van der Waals surface area contributed by atoms with Crippen molar-refractivity contribution in [2.24, 2.45) is 0 Å². The fourth-order valence-corrected chi connectivity index (χ4v) is 5.50. The fraction of sp³-hybridized carbons (Fsp3) is 0.529. The van der Waals surface area contributed by atoms with Gasteiger partial charge < -0.3 is 9.84 Å². The second-order valence-corrected chi connectivity index (χ2v) is 8.75. The summed E-state index contributed by atoms with van der Waals surface area (Å²) in [5.41, 5.74) is -0.970. The molecule has 27 heavy (non-hydrogen) atoms. The summed E-state index contributed by atoms with van der Waals surface area (Å²) in [5.74, 6) is -3.79. The van der Waals surface area contributed by atoms with Crippen LogP contribution in [0.5, 0.6) is 5.75 Å². The first-order valence-electron chi connectivity index (χ1n) is 8.85. The summed E-state index contributed by atoms with van der Waals surface area (Å²) in [7, 11) is -4.07. The average Bonchev–Trinajstić information content (AvgIpc) is 3.17. The molecular formula is C17H19FN2O6S. The Morgan fingerprint density at radius 2 is 1.67 bits per heavy atom. The van der Waals surface area contributed by atoms with Crippen LogP contribution >= 0.6 is 0 Å². The summed E-state index contributed by atoms with van der Waals surface area (Å²) in [6.45, 7) is 0. The molecule has 0 aromatic heterocycles. The van der Waals surface area contributed by atoms with E-state index in [1.807, 2.05) is 4.72 Å². The molecule has 4 rings (SSSR count). The topological polar surface area (TPSA) is 113 Å². The quantitative estimate of drug-likeness (QED) is 0.754. The summed E-state index contributed by atoms with van der Waals surface area (Å²) in [6.07, 6.45) is 4.33. The van der Waals surface area contributed by atoms with E-state index in [1.54, 1.807) is 0 Å². The van der Waals surface area contributed by atoms with E-state index >= 15 is 0 Å². The Hall–Kier alpha value is -2.20. The van der Waals surface area contributed by atoms with Crippen LogP contribution in [0, 0.1) is 5.82 Å². The zero-order chi connectivity index (χ0) is 19.3. The molecule has 0 spiro atoms. The normalized spacial score (nSPS) is 24.8. The van der Waals surface area contributed by atoms with Crippen LogP contribution in [0.25, 0.3) is 0 Å². The van der Waals surface area contributed by atoms with E-state index in [9.17, 15) is 22.4 Å². The maximum atomic E-state index is 14.1. The minimum atomic E-state index is -4.07. The van der Waals surface area contributed by atoms with Crippen LogP contribution < -0.4 is 9.46 Å². The van der Waals surface area contributed by atoms with Gasteiger partial charge in [0.05, 0.1) is 17.2 Å². The van der Waals surface area contributed by atoms with Crippen molar-refractivity contribution in [1.29, 1.82) is 0 Å². The van der Waals surface area contributed by atoms with Crippen molar-refractivity contribution in [2.45, 2.75) is 56.7 Å². The van der Waals surface area contributed by atoms with Crippen molar-refractivity contribution < 1.29 is 32.2 Å². The van der Waals surface area contributed by atoms with Gasteiger partial charge in [0.1, 0.15) is 11.6 Å². The number of hydrogen-bond donors (Lipinski definition) is 2. The van der Waals surface area contributed by atoms with Gasteiger partial charge in [-0.3, -0.25) is 4.79 Å². The average molecular weight is 398 g/mol. The van der Waals surface area contributed by atoms with E-state index in [2.05, 4.69) is 0 Å². The number of hydrogen-bond acceptors (Lipinski definition) is 5. The third-order valence-corrected chi connectivity index (χ3v) is 6.84. The fourth-order valence-electron chi connectivity index (χ4n) is 3.84. The van der Waals surface area contributed by atoms with E-state index < -0.39 is 33.5 Å². The highest BCUT2D eigenvalue weighted by molar-refractivity contribution is 7.87. The number of carbonyl (C=O) groups is 2. The van der Waals surface area contributed by atoms with Crippen LogP contribution in [0.15, 0.2) is 12.1 Å². The number of carboxylic acid groups (broad SMARTS) is 1. The summed E-state index contributed by atoms with van der Waals surface area (Å²) in [6, 6.07) is 1.41. The lowest BCUT2D eigenvalue weighted by Crippen LogP contribution is -2.45. The van der Waals surface area contributed by atoms with E-state index in [0.29, 0.717) is 6.07 Å². The predicted octanol–water partition coefficient (Wildman–Crippen LogP) is 1.67. The number of nitrogens with one attached hydrogen (secondary N) is 1. The van der Waals surface area contributed by atoms with Gasteiger partial charge in [0.2, 0.25) is 0 Å². The van der Waals surface area contributed by atoms with Crippen LogP contribution in [0.4, 0.5) is 4.39 Å². The maximum absolute atomic E-state index is 14.1. The number of rotatable bonds is 6. The monoisotopic (exact) mass is 398 g/mol. The van der Waals surface area contributed by atoms with Gasteiger partial charge in [0, 0.05) is 12.1 Å². The standard InChI is InChI=1S/C17H19FN2O6S/c18-14-7-13(15(26-11-5-6-11)8-12(14)17(22)23)16(21)19-27(24,25)20-9-1-2-10(20)4-3-9/h7-11H,1-6H2,(H,19,21)(H,22,23). The number of fused-ring (bicyclic) bond motifs is 2. The van der Waals surface area contributed by atoms with Gasteiger partial charge in [-0.2, -0.15) is 12.7 Å². The highest BCUT2D eigenvalue weighted by Gasteiger charge is 2.47. The van der Waals surface area contributed by atoms with E-state index in [-0.39, 0.29) is 29.5 Å². The number of carbonyl (C=O) groups excluding carboxylic acids is 1. The first kappa shape index (κ1) is 18.2. The Morgan fingerprint density at radius 3 is 2.19 bits per heavy atom. The Labute approximate surface area is 155 Å². The lowest BCUT2D eigenvalue weighted by Gasteiger charge is -2.22. The molecule has 3 fully saturated rings. The molecule has 2 saturated heterocycles. The second-order valence-electron chi connectivity index (χ2n) is 7.18. The van der Waals surface area contributed by atoms with E-state index in [4.69, 9.17) is 9.84 Å². The van der Waals surface area contributed by atoms with Gasteiger partial charge in [-0.25, -0.2) is 13.9 Å². The lowest BCUT2D eigenvalue weighted by molar-refractivity contribution is 0.0690. The third kappa shape index (κ3) is 3.39. The van der Waals surface area contributed by atoms with Gasteiger partial charge in [-0.15, -0.1) is 0 Å². The number of ether oxygens (including phenoxy) is 1. The summed E-state index contributed by atoms with van der Waals surface area (Å²) in [4.78, 5) is 23.7. The molecule has 1 aromatic carbocycles. The SMILES string of the molecule is O=C(O)c1cc(OC2CC2)c(C(=O)NS(=O)(=O)N2C3CCC2CC3)cc1F. The van der Waals surface area contributed by atoms with Crippen LogP contribution in [0.2, 0.25) is 0 Å². The molecule has 2 bridgehead atoms. The molecule has 8 nitrogen and oxygen atoms in total. The molecular weight excluding hydrogens is 379 g/mol. The van der Waals surface area contributed by atoms with Crippen molar-refractivity contribution in [2.75, 3.05) is 0 Å². The Balaban J connectivity index is 1.62. The number of halogens is 1. The van der Waals surface area contributed by atoms with E-state index in [1.165, 1.54) is 4.31 Å². The Bertz CT molecular complexity index is 894. The summed E-state index contributed by atoms with van der Waals surface area (Å²) in [5, 5.41) is 9.07. The predicted molar refractivity (Wildman–Crippen MR) is 91.3 cm³/mol. The van der Waals surface area contributed by atoms with E-state index in [0.717, 1.165) is 44.6 Å². The highest BCUT2D eigenvalue weighted by Crippen LogP contribution is 2.39. The molecule has 1 saturated carbocycles. The maximum Gasteiger partial charge on any atom is 0.338 e. The van der Waals surface area contributed by atoms with Gasteiger partial charge in [0.15, 0.2) is 0 Å². The molecule has 2 N–H and O–H groups in total. The number of carboxylic acids is 1. The lowest BCUT2D eigenvalue weighted by atomic mass is 10.0. The van der Waals surface area contributed by atoms with Crippen LogP contribution in [-0.4, -0.2) is 47.9 Å². The zero-order valence-electron chi connectivity index (χ0n) is 14.4. The number of benzene rings is 1. The van der Waals surface area contributed by atoms with Crippen molar-refractivity contribution in [3.8, 4) is 5.75 Å². The molecule has 0 radical (unpaired) electrons. The van der Waals surface area contributed by atoms with Crippen molar-refractivity contribution in [1.82, 2.24) is 9.03 Å². The molecule has 3 aliphatic rings. The molecule has 146 valence electrons. The molecule has 10 heteroatoms. The summed E-state index contributed by atoms with van der Waals surface area (Å²) >= 11 is 0. The first-order chi connectivity index (χ1) is 12.8. The first-order valence-corrected chi connectivity index (χ1v) is 10.3. The minimum absolute atomic E-state index is 0.117. The number of aromatic carboxylic acids is 1. The number of nitrogens with zero attached hydrogens (tertiary/aromatic N) is 1. The number of amides is 1.